The lowest BCUT2D eigenvalue weighted by Crippen LogP contribution is -2.38. The Bertz CT molecular complexity index is 645. The zero-order valence-corrected chi connectivity index (χ0v) is 12.0. The Labute approximate surface area is 118 Å². The molecule has 0 aliphatic carbocycles. The van der Waals surface area contributed by atoms with E-state index in [0.29, 0.717) is 17.3 Å². The number of rotatable bonds is 1. The van der Waals surface area contributed by atoms with Crippen LogP contribution in [0.25, 0.3) is 11.0 Å². The number of hydrogen-bond acceptors (Lipinski definition) is 3. The molecule has 0 atom stereocenters. The number of likely N-dealkylation sites (tertiary alicyclic amines) is 1. The van der Waals surface area contributed by atoms with Gasteiger partial charge in [-0.2, -0.15) is 0 Å². The number of carbonyl (C=O) groups excluding carboxylic acids is 1. The maximum atomic E-state index is 12.6. The van der Waals surface area contributed by atoms with Crippen molar-refractivity contribution < 1.29 is 4.79 Å². The molecule has 1 amide bonds. The average molecular weight is 269 g/mol. The van der Waals surface area contributed by atoms with Crippen molar-refractivity contribution in [2.45, 2.75) is 26.7 Å². The number of benzene rings is 1. The Morgan fingerprint density at radius 3 is 2.40 bits per heavy atom. The van der Waals surface area contributed by atoms with Crippen LogP contribution in [0.2, 0.25) is 0 Å². The largest absolute Gasteiger partial charge is 0.337 e. The highest BCUT2D eigenvalue weighted by Crippen LogP contribution is 2.19. The molecule has 3 rings (SSSR count). The molecule has 4 heteroatoms. The molecule has 2 aromatic rings. The fourth-order valence-corrected chi connectivity index (χ4v) is 2.65. The van der Waals surface area contributed by atoms with Gasteiger partial charge in [-0.05, 0) is 37.8 Å². The first kappa shape index (κ1) is 13.0. The average Bonchev–Trinajstić information content (AvgIpc) is 2.46. The number of para-hydroxylation sites is 2. The SMILES string of the molecule is Cc1nc2ccccc2nc1C(=O)N1CCC(C)CC1. The van der Waals surface area contributed by atoms with Gasteiger partial charge in [-0.1, -0.05) is 19.1 Å². The molecule has 1 aromatic heterocycles. The molecule has 0 spiro atoms. The van der Waals surface area contributed by atoms with Crippen molar-refractivity contribution in [1.82, 2.24) is 14.9 Å². The number of nitrogens with zero attached hydrogens (tertiary/aromatic N) is 3. The molecule has 1 aliphatic rings. The number of aromatic nitrogens is 2. The van der Waals surface area contributed by atoms with E-state index in [1.54, 1.807) is 0 Å². The summed E-state index contributed by atoms with van der Waals surface area (Å²) in [6, 6.07) is 7.68. The molecule has 0 radical (unpaired) electrons. The molecule has 1 aromatic carbocycles. The van der Waals surface area contributed by atoms with E-state index in [4.69, 9.17) is 0 Å². The second-order valence-corrected chi connectivity index (χ2v) is 5.62. The normalized spacial score (nSPS) is 16.6. The highest BCUT2D eigenvalue weighted by atomic mass is 16.2. The number of carbonyl (C=O) groups is 1. The van der Waals surface area contributed by atoms with Gasteiger partial charge < -0.3 is 4.90 Å². The number of amides is 1. The van der Waals surface area contributed by atoms with E-state index in [0.717, 1.165) is 37.0 Å². The van der Waals surface area contributed by atoms with Crippen LogP contribution in [-0.2, 0) is 0 Å². The topological polar surface area (TPSA) is 46.1 Å². The number of aryl methyl sites for hydroxylation is 1. The van der Waals surface area contributed by atoms with Gasteiger partial charge >= 0.3 is 0 Å². The molecule has 2 heterocycles. The van der Waals surface area contributed by atoms with Gasteiger partial charge in [0, 0.05) is 13.1 Å². The van der Waals surface area contributed by atoms with Crippen molar-refractivity contribution in [1.29, 1.82) is 0 Å². The number of hydrogen-bond donors (Lipinski definition) is 0. The molecule has 0 bridgehead atoms. The molecule has 20 heavy (non-hydrogen) atoms. The second kappa shape index (κ2) is 5.19. The zero-order valence-electron chi connectivity index (χ0n) is 12.0. The summed E-state index contributed by atoms with van der Waals surface area (Å²) in [4.78, 5) is 23.5. The molecule has 1 saturated heterocycles. The van der Waals surface area contributed by atoms with Crippen LogP contribution < -0.4 is 0 Å². The van der Waals surface area contributed by atoms with E-state index < -0.39 is 0 Å². The minimum atomic E-state index is 0.0210. The molecule has 0 saturated carbocycles. The first-order valence-corrected chi connectivity index (χ1v) is 7.18. The minimum absolute atomic E-state index is 0.0210. The predicted molar refractivity (Wildman–Crippen MR) is 78.6 cm³/mol. The third-order valence-corrected chi connectivity index (χ3v) is 4.02. The quantitative estimate of drug-likeness (QED) is 0.799. The van der Waals surface area contributed by atoms with Gasteiger partial charge in [0.15, 0.2) is 0 Å². The Morgan fingerprint density at radius 2 is 1.75 bits per heavy atom. The first-order chi connectivity index (χ1) is 9.65. The van der Waals surface area contributed by atoms with Crippen LogP contribution >= 0.6 is 0 Å². The fraction of sp³-hybridized carbons (Fsp3) is 0.438. The van der Waals surface area contributed by atoms with E-state index in [1.165, 1.54) is 0 Å². The summed E-state index contributed by atoms with van der Waals surface area (Å²) in [6.45, 7) is 5.75. The lowest BCUT2D eigenvalue weighted by Gasteiger charge is -2.30. The summed E-state index contributed by atoms with van der Waals surface area (Å²) in [5.74, 6) is 0.732. The van der Waals surface area contributed by atoms with Crippen LogP contribution in [0.3, 0.4) is 0 Å². The van der Waals surface area contributed by atoms with Crippen LogP contribution in [-0.4, -0.2) is 33.9 Å². The molecule has 1 fully saturated rings. The Hall–Kier alpha value is -1.97. The molecular weight excluding hydrogens is 250 g/mol. The van der Waals surface area contributed by atoms with Crippen molar-refractivity contribution >= 4 is 16.9 Å². The van der Waals surface area contributed by atoms with Crippen molar-refractivity contribution in [2.24, 2.45) is 5.92 Å². The van der Waals surface area contributed by atoms with Crippen LogP contribution in [0, 0.1) is 12.8 Å². The molecule has 1 aliphatic heterocycles. The first-order valence-electron chi connectivity index (χ1n) is 7.18. The van der Waals surface area contributed by atoms with Crippen molar-refractivity contribution in [3.63, 3.8) is 0 Å². The highest BCUT2D eigenvalue weighted by molar-refractivity contribution is 5.95. The van der Waals surface area contributed by atoms with Gasteiger partial charge in [-0.15, -0.1) is 0 Å². The number of piperidine rings is 1. The van der Waals surface area contributed by atoms with Crippen LogP contribution in [0.1, 0.15) is 35.9 Å². The van der Waals surface area contributed by atoms with E-state index in [2.05, 4.69) is 16.9 Å². The standard InChI is InChI=1S/C16H19N3O/c1-11-7-9-19(10-8-11)16(20)15-12(2)17-13-5-3-4-6-14(13)18-15/h3-6,11H,7-10H2,1-2H3. The lowest BCUT2D eigenvalue weighted by atomic mass is 9.99. The van der Waals surface area contributed by atoms with Crippen LogP contribution in [0.5, 0.6) is 0 Å². The maximum absolute atomic E-state index is 12.6. The van der Waals surface area contributed by atoms with Crippen LogP contribution in [0.4, 0.5) is 0 Å². The van der Waals surface area contributed by atoms with Gasteiger partial charge in [0.2, 0.25) is 0 Å². The van der Waals surface area contributed by atoms with Crippen molar-refractivity contribution in [3.8, 4) is 0 Å². The predicted octanol–water partition coefficient (Wildman–Crippen LogP) is 2.81. The van der Waals surface area contributed by atoms with Gasteiger partial charge in [-0.3, -0.25) is 4.79 Å². The molecular formula is C16H19N3O. The summed E-state index contributed by atoms with van der Waals surface area (Å²) in [5, 5.41) is 0. The highest BCUT2D eigenvalue weighted by Gasteiger charge is 2.24. The number of fused-ring (bicyclic) bond motifs is 1. The summed E-state index contributed by atoms with van der Waals surface area (Å²) in [6.07, 6.45) is 2.15. The molecule has 0 unspecified atom stereocenters. The third kappa shape index (κ3) is 2.38. The van der Waals surface area contributed by atoms with E-state index >= 15 is 0 Å². The van der Waals surface area contributed by atoms with Crippen LogP contribution in [0.15, 0.2) is 24.3 Å². The van der Waals surface area contributed by atoms with Gasteiger partial charge in [-0.25, -0.2) is 9.97 Å². The van der Waals surface area contributed by atoms with Gasteiger partial charge in [0.05, 0.1) is 16.7 Å². The molecule has 0 N–H and O–H groups in total. The molecule has 104 valence electrons. The lowest BCUT2D eigenvalue weighted by molar-refractivity contribution is 0.0690. The minimum Gasteiger partial charge on any atom is -0.337 e. The summed E-state index contributed by atoms with van der Waals surface area (Å²) < 4.78 is 0. The Morgan fingerprint density at radius 1 is 1.15 bits per heavy atom. The summed E-state index contributed by atoms with van der Waals surface area (Å²) in [5.41, 5.74) is 2.84. The summed E-state index contributed by atoms with van der Waals surface area (Å²) >= 11 is 0. The van der Waals surface area contributed by atoms with Crippen molar-refractivity contribution in [3.05, 3.63) is 35.7 Å². The summed E-state index contributed by atoms with van der Waals surface area (Å²) in [7, 11) is 0. The molecule has 4 nitrogen and oxygen atoms in total. The maximum Gasteiger partial charge on any atom is 0.274 e. The second-order valence-electron chi connectivity index (χ2n) is 5.62. The van der Waals surface area contributed by atoms with Gasteiger partial charge in [0.25, 0.3) is 5.91 Å². The third-order valence-electron chi connectivity index (χ3n) is 4.02. The van der Waals surface area contributed by atoms with E-state index in [1.807, 2.05) is 36.1 Å². The zero-order chi connectivity index (χ0) is 14.1. The Kier molecular flexibility index (Phi) is 3.38. The Balaban J connectivity index is 1.93. The van der Waals surface area contributed by atoms with E-state index in [9.17, 15) is 4.79 Å². The smallest absolute Gasteiger partial charge is 0.274 e. The van der Waals surface area contributed by atoms with E-state index in [-0.39, 0.29) is 5.91 Å². The monoisotopic (exact) mass is 269 g/mol. The van der Waals surface area contributed by atoms with Crippen molar-refractivity contribution in [2.75, 3.05) is 13.1 Å². The fourth-order valence-electron chi connectivity index (χ4n) is 2.65. The van der Waals surface area contributed by atoms with Gasteiger partial charge in [0.1, 0.15) is 5.69 Å².